The maximum absolute atomic E-state index is 12.4. The van der Waals surface area contributed by atoms with Gasteiger partial charge in [-0.05, 0) is 27.7 Å². The first-order valence-corrected chi connectivity index (χ1v) is 7.46. The van der Waals surface area contributed by atoms with E-state index in [1.807, 2.05) is 55.4 Å². The van der Waals surface area contributed by atoms with Gasteiger partial charge < -0.3 is 9.47 Å². The predicted molar refractivity (Wildman–Crippen MR) is 79.7 cm³/mol. The van der Waals surface area contributed by atoms with Gasteiger partial charge in [0.2, 0.25) is 0 Å². The summed E-state index contributed by atoms with van der Waals surface area (Å²) in [4.78, 5) is 24.7. The van der Waals surface area contributed by atoms with Crippen LogP contribution < -0.4 is 0 Å². The van der Waals surface area contributed by atoms with Gasteiger partial charge in [-0.25, -0.2) is 0 Å². The first-order chi connectivity index (χ1) is 9.07. The summed E-state index contributed by atoms with van der Waals surface area (Å²) in [5.41, 5.74) is 0. The zero-order valence-corrected chi connectivity index (χ0v) is 14.1. The summed E-state index contributed by atoms with van der Waals surface area (Å²) in [5.74, 6) is -0.564. The molecule has 0 rings (SSSR count). The van der Waals surface area contributed by atoms with Crippen molar-refractivity contribution >= 4 is 11.6 Å². The summed E-state index contributed by atoms with van der Waals surface area (Å²) in [5, 5.41) is 0. The standard InChI is InChI=1S/C16H30O4/c1-9(2)13(17)15(19-11(5)6)16(20-12(7)8)14(18)10(3)4/h9-12,15-16H,1-8H3. The summed E-state index contributed by atoms with van der Waals surface area (Å²) in [6.07, 6.45) is -1.93. The zero-order chi connectivity index (χ0) is 16.0. The Morgan fingerprint density at radius 3 is 1.00 bits per heavy atom. The summed E-state index contributed by atoms with van der Waals surface area (Å²) in [6.45, 7) is 14.7. The van der Waals surface area contributed by atoms with E-state index in [-0.39, 0.29) is 35.6 Å². The fraction of sp³-hybridized carbons (Fsp3) is 0.875. The Balaban J connectivity index is 5.37. The van der Waals surface area contributed by atoms with Crippen LogP contribution in [-0.2, 0) is 19.1 Å². The number of carbonyl (C=O) groups is 2. The highest BCUT2D eigenvalue weighted by atomic mass is 16.6. The summed E-state index contributed by atoms with van der Waals surface area (Å²) < 4.78 is 11.4. The van der Waals surface area contributed by atoms with Crippen LogP contribution in [0, 0.1) is 11.8 Å². The molecule has 0 bridgehead atoms. The Morgan fingerprint density at radius 2 is 0.850 bits per heavy atom. The third-order valence-corrected chi connectivity index (χ3v) is 2.81. The fourth-order valence-electron chi connectivity index (χ4n) is 1.82. The lowest BCUT2D eigenvalue weighted by Gasteiger charge is -2.30. The molecule has 0 spiro atoms. The van der Waals surface area contributed by atoms with E-state index in [1.165, 1.54) is 0 Å². The van der Waals surface area contributed by atoms with Gasteiger partial charge >= 0.3 is 0 Å². The molecule has 0 amide bonds. The van der Waals surface area contributed by atoms with Crippen molar-refractivity contribution < 1.29 is 19.1 Å². The molecule has 0 aromatic rings. The van der Waals surface area contributed by atoms with Crippen LogP contribution in [0.5, 0.6) is 0 Å². The maximum Gasteiger partial charge on any atom is 0.167 e. The number of ketones is 2. The van der Waals surface area contributed by atoms with Crippen LogP contribution in [0.3, 0.4) is 0 Å². The van der Waals surface area contributed by atoms with Gasteiger partial charge in [-0.2, -0.15) is 0 Å². The number of hydrogen-bond donors (Lipinski definition) is 0. The monoisotopic (exact) mass is 286 g/mol. The highest BCUT2D eigenvalue weighted by molar-refractivity contribution is 5.94. The van der Waals surface area contributed by atoms with Crippen molar-refractivity contribution in [2.45, 2.75) is 79.8 Å². The molecular weight excluding hydrogens is 256 g/mol. The fourth-order valence-corrected chi connectivity index (χ4v) is 1.82. The molecule has 0 aromatic carbocycles. The minimum atomic E-state index is -0.827. The predicted octanol–water partition coefficient (Wildman–Crippen LogP) is 3.02. The SMILES string of the molecule is CC(C)OC(C(=O)C(C)C)C(OC(C)C)C(=O)C(C)C. The first kappa shape index (κ1) is 19.3. The van der Waals surface area contributed by atoms with Gasteiger partial charge in [0, 0.05) is 11.8 Å². The lowest BCUT2D eigenvalue weighted by Crippen LogP contribution is -2.48. The van der Waals surface area contributed by atoms with Crippen LogP contribution in [0.1, 0.15) is 55.4 Å². The van der Waals surface area contributed by atoms with Crippen LogP contribution in [0.2, 0.25) is 0 Å². The van der Waals surface area contributed by atoms with Gasteiger partial charge in [0.05, 0.1) is 12.2 Å². The number of rotatable bonds is 9. The van der Waals surface area contributed by atoms with E-state index in [2.05, 4.69) is 0 Å². The Hall–Kier alpha value is -0.740. The van der Waals surface area contributed by atoms with Gasteiger partial charge in [-0.1, -0.05) is 27.7 Å². The molecule has 0 aromatic heterocycles. The number of Topliss-reactive ketones (excluding diaryl/α,β-unsaturated/α-hetero) is 2. The first-order valence-electron chi connectivity index (χ1n) is 7.46. The van der Waals surface area contributed by atoms with Crippen molar-refractivity contribution in [3.8, 4) is 0 Å². The van der Waals surface area contributed by atoms with Crippen molar-refractivity contribution in [2.24, 2.45) is 11.8 Å². The van der Waals surface area contributed by atoms with E-state index in [0.717, 1.165) is 0 Å². The minimum absolute atomic E-state index is 0.0849. The summed E-state index contributed by atoms with van der Waals surface area (Å²) in [7, 11) is 0. The molecule has 2 atom stereocenters. The molecule has 0 fully saturated rings. The van der Waals surface area contributed by atoms with E-state index in [0.29, 0.717) is 0 Å². The van der Waals surface area contributed by atoms with Gasteiger partial charge in [0.15, 0.2) is 11.6 Å². The molecule has 0 heterocycles. The van der Waals surface area contributed by atoms with Gasteiger partial charge in [-0.3, -0.25) is 9.59 Å². The lowest BCUT2D eigenvalue weighted by atomic mass is 9.93. The normalized spacial score (nSPS) is 15.2. The molecule has 0 radical (unpaired) electrons. The molecule has 2 unspecified atom stereocenters. The van der Waals surface area contributed by atoms with E-state index < -0.39 is 12.2 Å². The van der Waals surface area contributed by atoms with Gasteiger partial charge in [0.25, 0.3) is 0 Å². The molecule has 0 N–H and O–H groups in total. The quantitative estimate of drug-likeness (QED) is 0.654. The average Bonchev–Trinajstić information content (AvgIpc) is 2.30. The molecule has 0 aliphatic carbocycles. The minimum Gasteiger partial charge on any atom is -0.365 e. The van der Waals surface area contributed by atoms with Crippen LogP contribution >= 0.6 is 0 Å². The van der Waals surface area contributed by atoms with E-state index >= 15 is 0 Å². The summed E-state index contributed by atoms with van der Waals surface area (Å²) >= 11 is 0. The number of ether oxygens (including phenoxy) is 2. The third kappa shape index (κ3) is 6.14. The topological polar surface area (TPSA) is 52.6 Å². The van der Waals surface area contributed by atoms with E-state index in [4.69, 9.17) is 9.47 Å². The van der Waals surface area contributed by atoms with Crippen molar-refractivity contribution in [2.75, 3.05) is 0 Å². The average molecular weight is 286 g/mol. The molecule has 118 valence electrons. The Bertz CT molecular complexity index is 286. The molecule has 0 aliphatic heterocycles. The van der Waals surface area contributed by atoms with E-state index in [1.54, 1.807) is 0 Å². The molecule has 20 heavy (non-hydrogen) atoms. The Kier molecular flexibility index (Phi) is 8.21. The number of hydrogen-bond acceptors (Lipinski definition) is 4. The maximum atomic E-state index is 12.4. The second kappa shape index (κ2) is 8.53. The number of carbonyl (C=O) groups excluding carboxylic acids is 2. The van der Waals surface area contributed by atoms with Crippen molar-refractivity contribution in [1.29, 1.82) is 0 Å². The summed E-state index contributed by atoms with van der Waals surface area (Å²) in [6, 6.07) is 0. The van der Waals surface area contributed by atoms with Crippen LogP contribution in [0.25, 0.3) is 0 Å². The molecule has 4 nitrogen and oxygen atoms in total. The highest BCUT2D eigenvalue weighted by Crippen LogP contribution is 2.18. The van der Waals surface area contributed by atoms with Crippen molar-refractivity contribution in [3.05, 3.63) is 0 Å². The Labute approximate surface area is 123 Å². The molecular formula is C16H30O4. The lowest BCUT2D eigenvalue weighted by molar-refractivity contribution is -0.165. The van der Waals surface area contributed by atoms with Gasteiger partial charge in [-0.15, -0.1) is 0 Å². The molecule has 4 heteroatoms. The Morgan fingerprint density at radius 1 is 0.600 bits per heavy atom. The van der Waals surface area contributed by atoms with Crippen LogP contribution in [0.4, 0.5) is 0 Å². The van der Waals surface area contributed by atoms with Crippen LogP contribution in [-0.4, -0.2) is 36.0 Å². The molecule has 0 saturated carbocycles. The van der Waals surface area contributed by atoms with E-state index in [9.17, 15) is 9.59 Å². The second-order valence-corrected chi connectivity index (χ2v) is 6.33. The van der Waals surface area contributed by atoms with Crippen molar-refractivity contribution in [3.63, 3.8) is 0 Å². The van der Waals surface area contributed by atoms with Gasteiger partial charge in [0.1, 0.15) is 12.2 Å². The smallest absolute Gasteiger partial charge is 0.167 e. The molecule has 0 saturated heterocycles. The van der Waals surface area contributed by atoms with Crippen molar-refractivity contribution in [1.82, 2.24) is 0 Å². The zero-order valence-electron chi connectivity index (χ0n) is 14.1. The largest absolute Gasteiger partial charge is 0.365 e. The highest BCUT2D eigenvalue weighted by Gasteiger charge is 2.38. The van der Waals surface area contributed by atoms with Crippen LogP contribution in [0.15, 0.2) is 0 Å². The second-order valence-electron chi connectivity index (χ2n) is 6.33. The molecule has 0 aliphatic rings. The third-order valence-electron chi connectivity index (χ3n) is 2.81.